The number of hydrogen-bond donors (Lipinski definition) is 2. The third kappa shape index (κ3) is 4.03. The molecule has 1 heterocycles. The molecule has 6 heteroatoms. The van der Waals surface area contributed by atoms with Crippen LogP contribution in [0.15, 0.2) is 54.6 Å². The molecule has 6 nitrogen and oxygen atoms in total. The van der Waals surface area contributed by atoms with Crippen LogP contribution < -0.4 is 15.5 Å². The molecule has 0 radical (unpaired) electrons. The van der Waals surface area contributed by atoms with Crippen LogP contribution >= 0.6 is 0 Å². The third-order valence-corrected chi connectivity index (χ3v) is 4.04. The molecule has 2 aromatic carbocycles. The Morgan fingerprint density at radius 1 is 0.960 bits per heavy atom. The van der Waals surface area contributed by atoms with Crippen LogP contribution in [0, 0.1) is 5.92 Å². The predicted molar refractivity (Wildman–Crippen MR) is 96.3 cm³/mol. The Bertz CT molecular complexity index is 787. The molecule has 1 unspecified atom stereocenters. The van der Waals surface area contributed by atoms with Crippen molar-refractivity contribution in [2.75, 3.05) is 22.1 Å². The van der Waals surface area contributed by atoms with E-state index in [0.717, 1.165) is 5.69 Å². The van der Waals surface area contributed by atoms with Gasteiger partial charge in [0.2, 0.25) is 17.7 Å². The van der Waals surface area contributed by atoms with Crippen molar-refractivity contribution in [3.05, 3.63) is 54.6 Å². The first-order valence-electron chi connectivity index (χ1n) is 8.07. The highest BCUT2D eigenvalue weighted by molar-refractivity contribution is 6.03. The molecule has 0 bridgehead atoms. The first kappa shape index (κ1) is 16.7. The summed E-state index contributed by atoms with van der Waals surface area (Å²) in [5.74, 6) is -0.775. The topological polar surface area (TPSA) is 78.5 Å². The molecule has 0 saturated carbocycles. The fraction of sp³-hybridized carbons (Fsp3) is 0.211. The molecule has 1 atom stereocenters. The van der Waals surface area contributed by atoms with Gasteiger partial charge in [-0.25, -0.2) is 0 Å². The number of para-hydroxylation sites is 1. The molecule has 0 spiro atoms. The quantitative estimate of drug-likeness (QED) is 0.900. The summed E-state index contributed by atoms with van der Waals surface area (Å²) in [5, 5.41) is 5.52. The van der Waals surface area contributed by atoms with Gasteiger partial charge in [-0.2, -0.15) is 0 Å². The molecular formula is C19H19N3O3. The molecule has 3 rings (SSSR count). The second-order valence-corrected chi connectivity index (χ2v) is 5.99. The van der Waals surface area contributed by atoms with Crippen LogP contribution in [0.25, 0.3) is 0 Å². The molecule has 1 fully saturated rings. The average Bonchev–Trinajstić information content (AvgIpc) is 2.98. The molecular weight excluding hydrogens is 318 g/mol. The maximum Gasteiger partial charge on any atom is 0.229 e. The van der Waals surface area contributed by atoms with Gasteiger partial charge >= 0.3 is 0 Å². The Balaban J connectivity index is 1.65. The summed E-state index contributed by atoms with van der Waals surface area (Å²) in [7, 11) is 0. The minimum Gasteiger partial charge on any atom is -0.326 e. The van der Waals surface area contributed by atoms with Crippen LogP contribution in [0.1, 0.15) is 13.3 Å². The molecule has 1 aliphatic heterocycles. The number of carbonyl (C=O) groups excluding carboxylic acids is 3. The summed E-state index contributed by atoms with van der Waals surface area (Å²) in [5.41, 5.74) is 2.11. The van der Waals surface area contributed by atoms with E-state index in [9.17, 15) is 14.4 Å². The van der Waals surface area contributed by atoms with Crippen molar-refractivity contribution in [3.63, 3.8) is 0 Å². The number of nitrogens with one attached hydrogen (secondary N) is 2. The summed E-state index contributed by atoms with van der Waals surface area (Å²) in [4.78, 5) is 37.3. The van der Waals surface area contributed by atoms with Crippen LogP contribution in [-0.2, 0) is 14.4 Å². The molecule has 2 N–H and O–H groups in total. The molecule has 2 aromatic rings. The second kappa shape index (κ2) is 7.17. The van der Waals surface area contributed by atoms with E-state index in [0.29, 0.717) is 17.9 Å². The van der Waals surface area contributed by atoms with E-state index in [-0.39, 0.29) is 30.1 Å². The second-order valence-electron chi connectivity index (χ2n) is 5.99. The van der Waals surface area contributed by atoms with Gasteiger partial charge in [0, 0.05) is 37.0 Å². The van der Waals surface area contributed by atoms with Crippen molar-refractivity contribution in [2.45, 2.75) is 13.3 Å². The van der Waals surface area contributed by atoms with E-state index in [1.165, 1.54) is 6.92 Å². The number of anilines is 3. The summed E-state index contributed by atoms with van der Waals surface area (Å²) < 4.78 is 0. The maximum atomic E-state index is 12.4. The van der Waals surface area contributed by atoms with E-state index < -0.39 is 0 Å². The van der Waals surface area contributed by atoms with Gasteiger partial charge in [0.05, 0.1) is 5.92 Å². The zero-order chi connectivity index (χ0) is 17.8. The predicted octanol–water partition coefficient (Wildman–Crippen LogP) is 2.64. The monoisotopic (exact) mass is 337 g/mol. The Kier molecular flexibility index (Phi) is 4.79. The number of amides is 3. The molecule has 1 aliphatic rings. The van der Waals surface area contributed by atoms with Crippen LogP contribution in [0.3, 0.4) is 0 Å². The van der Waals surface area contributed by atoms with E-state index >= 15 is 0 Å². The van der Waals surface area contributed by atoms with Crippen molar-refractivity contribution >= 4 is 34.8 Å². The largest absolute Gasteiger partial charge is 0.326 e. The van der Waals surface area contributed by atoms with Crippen molar-refractivity contribution in [1.29, 1.82) is 0 Å². The number of benzene rings is 2. The third-order valence-electron chi connectivity index (χ3n) is 4.04. The van der Waals surface area contributed by atoms with Gasteiger partial charge in [-0.05, 0) is 36.4 Å². The van der Waals surface area contributed by atoms with Crippen LogP contribution in [0.5, 0.6) is 0 Å². The number of rotatable bonds is 4. The van der Waals surface area contributed by atoms with Crippen LogP contribution in [0.4, 0.5) is 17.1 Å². The average molecular weight is 337 g/mol. The fourth-order valence-corrected chi connectivity index (χ4v) is 2.83. The first-order valence-corrected chi connectivity index (χ1v) is 8.07. The first-order chi connectivity index (χ1) is 12.0. The smallest absolute Gasteiger partial charge is 0.229 e. The lowest BCUT2D eigenvalue weighted by molar-refractivity contribution is -0.122. The van der Waals surface area contributed by atoms with Gasteiger partial charge in [0.25, 0.3) is 0 Å². The SMILES string of the molecule is CC(=O)Nc1ccc(N2CC(C(=O)Nc3ccccc3)CC2=O)cc1. The molecule has 0 aromatic heterocycles. The fourth-order valence-electron chi connectivity index (χ4n) is 2.83. The van der Waals surface area contributed by atoms with E-state index in [2.05, 4.69) is 10.6 Å². The number of nitrogens with zero attached hydrogens (tertiary/aromatic N) is 1. The van der Waals surface area contributed by atoms with Gasteiger partial charge < -0.3 is 15.5 Å². The zero-order valence-electron chi connectivity index (χ0n) is 13.9. The van der Waals surface area contributed by atoms with Gasteiger partial charge in [-0.15, -0.1) is 0 Å². The Hall–Kier alpha value is -3.15. The Labute approximate surface area is 145 Å². The lowest BCUT2D eigenvalue weighted by Crippen LogP contribution is -2.28. The van der Waals surface area contributed by atoms with Gasteiger partial charge in [0.15, 0.2) is 0 Å². The van der Waals surface area contributed by atoms with E-state index in [1.807, 2.05) is 30.3 Å². The maximum absolute atomic E-state index is 12.4. The van der Waals surface area contributed by atoms with Crippen LogP contribution in [0.2, 0.25) is 0 Å². The lowest BCUT2D eigenvalue weighted by Gasteiger charge is -2.17. The minimum absolute atomic E-state index is 0.0829. The number of hydrogen-bond acceptors (Lipinski definition) is 3. The van der Waals surface area contributed by atoms with Crippen molar-refractivity contribution in [2.24, 2.45) is 5.92 Å². The van der Waals surface area contributed by atoms with E-state index in [4.69, 9.17) is 0 Å². The summed E-state index contributed by atoms with van der Waals surface area (Å²) in [6.45, 7) is 1.78. The number of carbonyl (C=O) groups is 3. The standard InChI is InChI=1S/C19H19N3O3/c1-13(23)20-16-7-9-17(10-8-16)22-12-14(11-18(22)24)19(25)21-15-5-3-2-4-6-15/h2-10,14H,11-12H2,1H3,(H,20,23)(H,21,25). The molecule has 0 aliphatic carbocycles. The van der Waals surface area contributed by atoms with Gasteiger partial charge in [-0.1, -0.05) is 18.2 Å². The molecule has 1 saturated heterocycles. The van der Waals surface area contributed by atoms with Crippen molar-refractivity contribution in [1.82, 2.24) is 0 Å². The highest BCUT2D eigenvalue weighted by Crippen LogP contribution is 2.27. The summed E-state index contributed by atoms with van der Waals surface area (Å²) in [6, 6.07) is 16.2. The minimum atomic E-state index is -0.386. The lowest BCUT2D eigenvalue weighted by atomic mass is 10.1. The zero-order valence-corrected chi connectivity index (χ0v) is 13.9. The Morgan fingerprint density at radius 2 is 1.60 bits per heavy atom. The van der Waals surface area contributed by atoms with Crippen molar-refractivity contribution < 1.29 is 14.4 Å². The Morgan fingerprint density at radius 3 is 2.24 bits per heavy atom. The van der Waals surface area contributed by atoms with Crippen molar-refractivity contribution in [3.8, 4) is 0 Å². The molecule has 25 heavy (non-hydrogen) atoms. The summed E-state index contributed by atoms with van der Waals surface area (Å²) in [6.07, 6.45) is 0.187. The van der Waals surface area contributed by atoms with E-state index in [1.54, 1.807) is 29.2 Å². The highest BCUT2D eigenvalue weighted by Gasteiger charge is 2.35. The van der Waals surface area contributed by atoms with Gasteiger partial charge in [-0.3, -0.25) is 14.4 Å². The summed E-state index contributed by atoms with van der Waals surface area (Å²) >= 11 is 0. The normalized spacial score (nSPS) is 16.6. The van der Waals surface area contributed by atoms with Crippen LogP contribution in [-0.4, -0.2) is 24.3 Å². The molecule has 128 valence electrons. The van der Waals surface area contributed by atoms with Gasteiger partial charge in [0.1, 0.15) is 0 Å². The highest BCUT2D eigenvalue weighted by atomic mass is 16.2. The molecule has 3 amide bonds.